The SMILES string of the molecule is C[SiH]C.Cc1cc2c(-c3ccc(C(F)(F)F)cc3)cccc2[cH-]1.Cc1cc2c(-c3ccc(C(F)(F)F)cc3)cccc2[cH-]1.[Cl][Zr+2][Cl]. The van der Waals surface area contributed by atoms with Crippen LogP contribution in [0.1, 0.15) is 22.3 Å². The van der Waals surface area contributed by atoms with Gasteiger partial charge in [0.2, 0.25) is 0 Å². The average molecular weight is 768 g/mol. The van der Waals surface area contributed by atoms with Crippen LogP contribution in [0.25, 0.3) is 43.8 Å². The summed E-state index contributed by atoms with van der Waals surface area (Å²) in [6.45, 7) is 8.44. The van der Waals surface area contributed by atoms with Crippen molar-refractivity contribution in [2.24, 2.45) is 0 Å². The quantitative estimate of drug-likeness (QED) is 0.0935. The van der Waals surface area contributed by atoms with Gasteiger partial charge in [-0.25, -0.2) is 0 Å². The van der Waals surface area contributed by atoms with E-state index in [1.54, 1.807) is 0 Å². The van der Waals surface area contributed by atoms with Crippen LogP contribution in [0.2, 0.25) is 13.1 Å². The monoisotopic (exact) mass is 765 g/mol. The molecule has 0 aliphatic heterocycles. The Balaban J connectivity index is 0.000000214. The number of alkyl halides is 6. The third-order valence-electron chi connectivity index (χ3n) is 6.84. The molecule has 0 bridgehead atoms. The Hall–Kier alpha value is -2.64. The van der Waals surface area contributed by atoms with Gasteiger partial charge in [-0.05, 0) is 35.4 Å². The van der Waals surface area contributed by atoms with Crippen molar-refractivity contribution in [3.05, 3.63) is 131 Å². The molecular formula is C36H31Cl2F6SiZr. The summed E-state index contributed by atoms with van der Waals surface area (Å²) in [4.78, 5) is 0. The molecule has 10 heteroatoms. The molecule has 0 saturated carbocycles. The van der Waals surface area contributed by atoms with Gasteiger partial charge in [-0.2, -0.15) is 38.5 Å². The molecule has 0 heterocycles. The van der Waals surface area contributed by atoms with E-state index >= 15 is 0 Å². The Bertz CT molecular complexity index is 1680. The minimum absolute atomic E-state index is 0.618. The van der Waals surface area contributed by atoms with Crippen LogP contribution in [0.5, 0.6) is 0 Å². The maximum absolute atomic E-state index is 12.6. The van der Waals surface area contributed by atoms with Crippen molar-refractivity contribution in [2.75, 3.05) is 0 Å². The zero-order valence-corrected chi connectivity index (χ0v) is 30.6. The number of fused-ring (bicyclic) bond motifs is 2. The van der Waals surface area contributed by atoms with E-state index in [1.807, 2.05) is 50.2 Å². The zero-order valence-electron chi connectivity index (χ0n) is 25.5. The first-order chi connectivity index (χ1) is 21.7. The molecule has 0 atom stereocenters. The van der Waals surface area contributed by atoms with E-state index in [9.17, 15) is 26.3 Å². The molecule has 0 amide bonds. The molecule has 0 aromatic heterocycles. The second kappa shape index (κ2) is 17.0. The molecule has 1 radical (unpaired) electrons. The molecular weight excluding hydrogens is 737 g/mol. The molecule has 6 aromatic carbocycles. The van der Waals surface area contributed by atoms with Crippen LogP contribution in [-0.4, -0.2) is 9.52 Å². The summed E-state index contributed by atoms with van der Waals surface area (Å²) in [7, 11) is 10.6. The van der Waals surface area contributed by atoms with Gasteiger partial charge in [-0.1, -0.05) is 74.5 Å². The number of rotatable bonds is 2. The van der Waals surface area contributed by atoms with Gasteiger partial charge in [0.1, 0.15) is 0 Å². The number of halogens is 8. The van der Waals surface area contributed by atoms with Crippen molar-refractivity contribution in [2.45, 2.75) is 39.3 Å². The summed E-state index contributed by atoms with van der Waals surface area (Å²) in [6, 6.07) is 30.6. The molecule has 6 aromatic rings. The van der Waals surface area contributed by atoms with E-state index in [0.29, 0.717) is 0 Å². The first-order valence-corrected chi connectivity index (χ1v) is 22.7. The molecule has 0 fully saturated rings. The van der Waals surface area contributed by atoms with Crippen molar-refractivity contribution in [3.8, 4) is 22.3 Å². The van der Waals surface area contributed by atoms with Gasteiger partial charge in [-0.15, -0.1) is 69.1 Å². The number of hydrogen-bond acceptors (Lipinski definition) is 0. The van der Waals surface area contributed by atoms with Gasteiger partial charge in [0, 0.05) is 9.52 Å². The van der Waals surface area contributed by atoms with Crippen LogP contribution in [0.4, 0.5) is 26.3 Å². The van der Waals surface area contributed by atoms with Crippen LogP contribution >= 0.6 is 17.0 Å². The first-order valence-electron chi connectivity index (χ1n) is 14.1. The second-order valence-corrected chi connectivity index (χ2v) is 15.4. The van der Waals surface area contributed by atoms with E-state index in [2.05, 4.69) is 37.4 Å². The average Bonchev–Trinajstić information content (AvgIpc) is 3.58. The summed E-state index contributed by atoms with van der Waals surface area (Å²) in [5, 5.41) is 4.37. The van der Waals surface area contributed by atoms with Gasteiger partial charge in [0.05, 0.1) is 11.1 Å². The number of aryl methyl sites for hydroxylation is 2. The van der Waals surface area contributed by atoms with Crippen LogP contribution in [0.15, 0.2) is 109 Å². The summed E-state index contributed by atoms with van der Waals surface area (Å²) in [6.07, 6.45) is -8.58. The molecule has 0 nitrogen and oxygen atoms in total. The van der Waals surface area contributed by atoms with Crippen molar-refractivity contribution >= 4 is 48.1 Å². The molecule has 0 aliphatic rings. The van der Waals surface area contributed by atoms with Gasteiger partial charge in [0.25, 0.3) is 0 Å². The minimum atomic E-state index is -4.29. The van der Waals surface area contributed by atoms with E-state index < -0.39 is 44.3 Å². The fourth-order valence-electron chi connectivity index (χ4n) is 4.95. The van der Waals surface area contributed by atoms with Gasteiger partial charge < -0.3 is 0 Å². The van der Waals surface area contributed by atoms with Crippen molar-refractivity contribution in [3.63, 3.8) is 0 Å². The van der Waals surface area contributed by atoms with Crippen molar-refractivity contribution in [1.82, 2.24) is 0 Å². The van der Waals surface area contributed by atoms with Crippen molar-refractivity contribution < 1.29 is 47.2 Å². The van der Waals surface area contributed by atoms with Gasteiger partial charge >= 0.3 is 50.2 Å². The van der Waals surface area contributed by atoms with E-state index in [0.717, 1.165) is 88.7 Å². The Morgan fingerprint density at radius 1 is 0.565 bits per heavy atom. The molecule has 0 saturated heterocycles. The summed E-state index contributed by atoms with van der Waals surface area (Å²) >= 11 is -0.826. The normalized spacial score (nSPS) is 11.0. The fraction of sp³-hybridized carbons (Fsp3) is 0.167. The second-order valence-electron chi connectivity index (χ2n) is 10.5. The van der Waals surface area contributed by atoms with Crippen LogP contribution < -0.4 is 0 Å². The predicted octanol–water partition coefficient (Wildman–Crippen LogP) is 13.0. The molecule has 46 heavy (non-hydrogen) atoms. The van der Waals surface area contributed by atoms with Crippen LogP contribution in [0, 0.1) is 13.8 Å². The van der Waals surface area contributed by atoms with Gasteiger partial charge in [-0.3, -0.25) is 0 Å². The van der Waals surface area contributed by atoms with Gasteiger partial charge in [0.15, 0.2) is 0 Å². The van der Waals surface area contributed by atoms with E-state index in [4.69, 9.17) is 17.0 Å². The van der Waals surface area contributed by atoms with Crippen LogP contribution in [0.3, 0.4) is 0 Å². The molecule has 0 spiro atoms. The molecule has 6 rings (SSSR count). The standard InChI is InChI=1S/2C17H12F3.C2H7Si.2ClH.Zr/c2*1-11-9-13-3-2-4-15(16(13)10-11)12-5-7-14(8-6-12)17(18,19)20;1-3-2;;;/h2*2-10H,1H3;3H,1-2H3;2*1H;/q2*-1;;;;+4/p-2. The van der Waals surface area contributed by atoms with Crippen molar-refractivity contribution in [1.29, 1.82) is 0 Å². The molecule has 239 valence electrons. The summed E-state index contributed by atoms with van der Waals surface area (Å²) in [5.41, 5.74) is 4.59. The third-order valence-corrected chi connectivity index (χ3v) is 6.84. The Kier molecular flexibility index (Phi) is 13.9. The number of hydrogen-bond donors (Lipinski definition) is 0. The summed E-state index contributed by atoms with van der Waals surface area (Å²) < 4.78 is 75.5. The van der Waals surface area contributed by atoms with E-state index in [-0.39, 0.29) is 0 Å². The van der Waals surface area contributed by atoms with E-state index in [1.165, 1.54) is 24.3 Å². The zero-order chi connectivity index (χ0) is 34.1. The third kappa shape index (κ3) is 10.2. The molecule has 0 N–H and O–H groups in total. The first kappa shape index (κ1) is 37.8. The maximum atomic E-state index is 12.6. The summed E-state index contributed by atoms with van der Waals surface area (Å²) in [5.74, 6) is 0. The molecule has 0 aliphatic carbocycles. The number of benzene rings is 4. The Labute approximate surface area is 286 Å². The predicted molar refractivity (Wildman–Crippen MR) is 180 cm³/mol. The van der Waals surface area contributed by atoms with Crippen LogP contribution in [-0.2, 0) is 33.2 Å². The Morgan fingerprint density at radius 2 is 0.870 bits per heavy atom. The topological polar surface area (TPSA) is 0 Å². The molecule has 0 unspecified atom stereocenters. The fourth-order valence-corrected chi connectivity index (χ4v) is 4.95. The Morgan fingerprint density at radius 3 is 1.15 bits per heavy atom.